The number of hydrogen-bond donors (Lipinski definition) is 2. The van der Waals surface area contributed by atoms with Crippen molar-refractivity contribution >= 4 is 33.0 Å². The van der Waals surface area contributed by atoms with Crippen LogP contribution in [0, 0.1) is 12.7 Å². The van der Waals surface area contributed by atoms with E-state index in [1.165, 1.54) is 21.7 Å². The Morgan fingerprint density at radius 2 is 2.00 bits per heavy atom. The Labute approximate surface area is 162 Å². The third-order valence-corrected chi connectivity index (χ3v) is 8.17. The summed E-state index contributed by atoms with van der Waals surface area (Å²) in [5.74, 6) is -0.567. The average molecular weight is 413 g/mol. The Bertz CT molecular complexity index is 908. The number of anilines is 1. The zero-order chi connectivity index (χ0) is 19.6. The summed E-state index contributed by atoms with van der Waals surface area (Å²) in [5.41, 5.74) is 0.947. The van der Waals surface area contributed by atoms with Gasteiger partial charge < -0.3 is 10.2 Å². The number of piperazine rings is 1. The number of quaternary nitrogens is 1. The molecule has 2 N–H and O–H groups in total. The molecule has 27 heavy (non-hydrogen) atoms. The molecule has 0 bridgehead atoms. The van der Waals surface area contributed by atoms with Gasteiger partial charge in [0.1, 0.15) is 10.0 Å². The third-order valence-electron chi connectivity index (χ3n) is 4.90. The highest BCUT2D eigenvalue weighted by molar-refractivity contribution is 7.91. The van der Waals surface area contributed by atoms with Crippen molar-refractivity contribution in [3.63, 3.8) is 0 Å². The molecule has 1 amide bonds. The molecule has 2 heterocycles. The maximum atomic E-state index is 13.6. The van der Waals surface area contributed by atoms with E-state index in [0.29, 0.717) is 41.6 Å². The molecule has 0 saturated carbocycles. The van der Waals surface area contributed by atoms with Gasteiger partial charge in [-0.2, -0.15) is 4.31 Å². The number of nitrogens with one attached hydrogen (secondary N) is 2. The lowest BCUT2D eigenvalue weighted by Gasteiger charge is -2.33. The summed E-state index contributed by atoms with van der Waals surface area (Å²) in [5, 5.41) is 4.49. The maximum absolute atomic E-state index is 13.6. The molecule has 0 aliphatic carbocycles. The molecule has 1 aromatic heterocycles. The first-order valence-corrected chi connectivity index (χ1v) is 11.1. The van der Waals surface area contributed by atoms with Gasteiger partial charge >= 0.3 is 0 Å². The van der Waals surface area contributed by atoms with Crippen LogP contribution < -0.4 is 10.2 Å². The van der Waals surface area contributed by atoms with Gasteiger partial charge in [-0.1, -0.05) is 12.1 Å². The van der Waals surface area contributed by atoms with Crippen molar-refractivity contribution in [2.75, 3.05) is 31.5 Å². The first-order chi connectivity index (χ1) is 12.8. The van der Waals surface area contributed by atoms with Crippen molar-refractivity contribution in [3.8, 4) is 0 Å². The summed E-state index contributed by atoms with van der Waals surface area (Å²) in [7, 11) is -3.45. The molecular formula is C18H23FN3O3S2+. The van der Waals surface area contributed by atoms with E-state index in [4.69, 9.17) is 0 Å². The fraction of sp³-hybridized carbons (Fsp3) is 0.389. The van der Waals surface area contributed by atoms with E-state index in [0.717, 1.165) is 4.90 Å². The third kappa shape index (κ3) is 4.37. The molecule has 146 valence electrons. The number of aryl methyl sites for hydroxylation is 1. The first-order valence-electron chi connectivity index (χ1n) is 8.74. The number of halogens is 1. The Hall–Kier alpha value is -1.81. The van der Waals surface area contributed by atoms with E-state index in [9.17, 15) is 17.6 Å². The lowest BCUT2D eigenvalue weighted by atomic mass is 10.2. The minimum Gasteiger partial charge on any atom is -0.323 e. The van der Waals surface area contributed by atoms with Crippen molar-refractivity contribution in [1.29, 1.82) is 0 Å². The first kappa shape index (κ1) is 19.9. The van der Waals surface area contributed by atoms with Crippen molar-refractivity contribution in [2.24, 2.45) is 0 Å². The van der Waals surface area contributed by atoms with Crippen LogP contribution in [0.25, 0.3) is 0 Å². The molecule has 0 unspecified atom stereocenters. The molecule has 2 aromatic rings. The van der Waals surface area contributed by atoms with Crippen LogP contribution in [0.5, 0.6) is 0 Å². The van der Waals surface area contributed by atoms with Crippen LogP contribution in [-0.4, -0.2) is 50.9 Å². The SMILES string of the molecule is Cc1ccc(NC(=O)[C@H](C)[NH+]2CCN(S(=O)(=O)c3cccs3)CC2)cc1F. The Kier molecular flexibility index (Phi) is 5.95. The Morgan fingerprint density at radius 1 is 1.30 bits per heavy atom. The van der Waals surface area contributed by atoms with E-state index >= 15 is 0 Å². The molecule has 1 aromatic carbocycles. The van der Waals surface area contributed by atoms with Crippen LogP contribution in [0.1, 0.15) is 12.5 Å². The van der Waals surface area contributed by atoms with E-state index in [2.05, 4.69) is 5.32 Å². The number of thiophene rings is 1. The number of rotatable bonds is 5. The predicted molar refractivity (Wildman–Crippen MR) is 103 cm³/mol. The van der Waals surface area contributed by atoms with E-state index in [1.54, 1.807) is 43.5 Å². The molecule has 1 aliphatic heterocycles. The lowest BCUT2D eigenvalue weighted by Crippen LogP contribution is -3.19. The molecule has 0 radical (unpaired) electrons. The smallest absolute Gasteiger partial charge is 0.282 e. The minimum atomic E-state index is -3.45. The monoisotopic (exact) mass is 412 g/mol. The van der Waals surface area contributed by atoms with Crippen LogP contribution in [0.3, 0.4) is 0 Å². The van der Waals surface area contributed by atoms with E-state index in [-0.39, 0.29) is 17.8 Å². The molecular weight excluding hydrogens is 389 g/mol. The van der Waals surface area contributed by atoms with Gasteiger partial charge in [0.15, 0.2) is 6.04 Å². The highest BCUT2D eigenvalue weighted by Gasteiger charge is 2.34. The van der Waals surface area contributed by atoms with Gasteiger partial charge in [0.05, 0.1) is 26.2 Å². The Morgan fingerprint density at radius 3 is 2.59 bits per heavy atom. The number of sulfonamides is 1. The summed E-state index contributed by atoms with van der Waals surface area (Å²) in [6.45, 7) is 5.29. The van der Waals surface area contributed by atoms with Crippen LogP contribution >= 0.6 is 11.3 Å². The minimum absolute atomic E-state index is 0.206. The fourth-order valence-electron chi connectivity index (χ4n) is 3.09. The van der Waals surface area contributed by atoms with E-state index in [1.807, 2.05) is 0 Å². The van der Waals surface area contributed by atoms with Crippen molar-refractivity contribution < 1.29 is 22.5 Å². The number of nitrogens with zero attached hydrogens (tertiary/aromatic N) is 1. The lowest BCUT2D eigenvalue weighted by molar-refractivity contribution is -0.917. The summed E-state index contributed by atoms with van der Waals surface area (Å²) >= 11 is 1.21. The standard InChI is InChI=1S/C18H22FN3O3S2/c1-13-5-6-15(12-16(13)19)20-18(23)14(2)21-7-9-22(10-8-21)27(24,25)17-4-3-11-26-17/h3-6,11-12,14H,7-10H2,1-2H3,(H,20,23)/p+1/t14-/m0/s1. The van der Waals surface area contributed by atoms with Gasteiger partial charge in [0.25, 0.3) is 15.9 Å². The quantitative estimate of drug-likeness (QED) is 0.773. The fourth-order valence-corrected chi connectivity index (χ4v) is 5.68. The van der Waals surface area contributed by atoms with Gasteiger partial charge in [-0.15, -0.1) is 11.3 Å². The highest BCUT2D eigenvalue weighted by atomic mass is 32.2. The normalized spacial score (nSPS) is 17.6. The zero-order valence-corrected chi connectivity index (χ0v) is 16.9. The van der Waals surface area contributed by atoms with Crippen LogP contribution in [0.4, 0.5) is 10.1 Å². The van der Waals surface area contributed by atoms with Crippen LogP contribution in [0.15, 0.2) is 39.9 Å². The van der Waals surface area contributed by atoms with Gasteiger partial charge in [-0.05, 0) is 43.0 Å². The van der Waals surface area contributed by atoms with Gasteiger partial charge in [-0.3, -0.25) is 4.79 Å². The molecule has 3 rings (SSSR count). The summed E-state index contributed by atoms with van der Waals surface area (Å²) in [6.07, 6.45) is 0. The number of hydrogen-bond acceptors (Lipinski definition) is 4. The second kappa shape index (κ2) is 8.05. The van der Waals surface area contributed by atoms with Gasteiger partial charge in [-0.25, -0.2) is 12.8 Å². The molecule has 0 spiro atoms. The largest absolute Gasteiger partial charge is 0.323 e. The summed E-state index contributed by atoms with van der Waals surface area (Å²) in [4.78, 5) is 13.5. The van der Waals surface area contributed by atoms with Crippen molar-refractivity contribution in [3.05, 3.63) is 47.1 Å². The number of amides is 1. The molecule has 1 saturated heterocycles. The topological polar surface area (TPSA) is 70.9 Å². The summed E-state index contributed by atoms with van der Waals surface area (Å²) in [6, 6.07) is 7.57. The van der Waals surface area contributed by atoms with Crippen molar-refractivity contribution in [2.45, 2.75) is 24.1 Å². The second-order valence-electron chi connectivity index (χ2n) is 6.67. The molecule has 9 heteroatoms. The average Bonchev–Trinajstić information content (AvgIpc) is 3.20. The second-order valence-corrected chi connectivity index (χ2v) is 9.78. The molecule has 1 aliphatic rings. The molecule has 1 atom stereocenters. The molecule has 6 nitrogen and oxygen atoms in total. The molecule has 1 fully saturated rings. The zero-order valence-electron chi connectivity index (χ0n) is 15.2. The van der Waals surface area contributed by atoms with E-state index < -0.39 is 10.0 Å². The van der Waals surface area contributed by atoms with Gasteiger partial charge in [0.2, 0.25) is 0 Å². The highest BCUT2D eigenvalue weighted by Crippen LogP contribution is 2.20. The number of benzene rings is 1. The van der Waals surface area contributed by atoms with Crippen LogP contribution in [-0.2, 0) is 14.8 Å². The van der Waals surface area contributed by atoms with Crippen LogP contribution in [0.2, 0.25) is 0 Å². The maximum Gasteiger partial charge on any atom is 0.282 e. The predicted octanol–water partition coefficient (Wildman–Crippen LogP) is 1.11. The summed E-state index contributed by atoms with van der Waals surface area (Å²) < 4.78 is 40.6. The number of carbonyl (C=O) groups excluding carboxylic acids is 1. The van der Waals surface area contributed by atoms with Crippen molar-refractivity contribution in [1.82, 2.24) is 4.31 Å². The van der Waals surface area contributed by atoms with Gasteiger partial charge in [0, 0.05) is 5.69 Å². The number of carbonyl (C=O) groups is 1. The Balaban J connectivity index is 1.58.